The van der Waals surface area contributed by atoms with Crippen molar-refractivity contribution in [2.45, 2.75) is 13.3 Å². The van der Waals surface area contributed by atoms with Gasteiger partial charge in [-0.25, -0.2) is 0 Å². The SMILES string of the molecule is Cc1cccc(NC(=O)COC(=O)Cc2ccc(Cl)c(Cl)c2)c1. The summed E-state index contributed by atoms with van der Waals surface area (Å²) in [5.41, 5.74) is 2.36. The van der Waals surface area contributed by atoms with Gasteiger partial charge in [-0.2, -0.15) is 0 Å². The summed E-state index contributed by atoms with van der Waals surface area (Å²) in [7, 11) is 0. The fourth-order valence-corrected chi connectivity index (χ4v) is 2.25. The Balaban J connectivity index is 1.81. The lowest BCUT2D eigenvalue weighted by atomic mass is 10.1. The van der Waals surface area contributed by atoms with Gasteiger partial charge in [-0.1, -0.05) is 41.4 Å². The summed E-state index contributed by atoms with van der Waals surface area (Å²) in [6.07, 6.45) is 0.0224. The van der Waals surface area contributed by atoms with E-state index >= 15 is 0 Å². The van der Waals surface area contributed by atoms with Crippen molar-refractivity contribution in [3.05, 3.63) is 63.6 Å². The monoisotopic (exact) mass is 351 g/mol. The van der Waals surface area contributed by atoms with Crippen molar-refractivity contribution in [3.63, 3.8) is 0 Å². The molecule has 0 aliphatic rings. The van der Waals surface area contributed by atoms with E-state index in [1.54, 1.807) is 24.3 Å². The zero-order chi connectivity index (χ0) is 16.8. The summed E-state index contributed by atoms with van der Waals surface area (Å²) in [6.45, 7) is 1.58. The van der Waals surface area contributed by atoms with Gasteiger partial charge in [0.05, 0.1) is 16.5 Å². The number of rotatable bonds is 5. The number of hydrogen-bond acceptors (Lipinski definition) is 3. The first kappa shape index (κ1) is 17.3. The maximum absolute atomic E-state index is 11.8. The van der Waals surface area contributed by atoms with Crippen LogP contribution >= 0.6 is 23.2 Å². The molecule has 4 nitrogen and oxygen atoms in total. The number of amides is 1. The average Bonchev–Trinajstić information content (AvgIpc) is 2.49. The van der Waals surface area contributed by atoms with Crippen LogP contribution in [0.4, 0.5) is 5.69 Å². The van der Waals surface area contributed by atoms with Crippen LogP contribution in [-0.2, 0) is 20.7 Å². The highest BCUT2D eigenvalue weighted by Crippen LogP contribution is 2.22. The van der Waals surface area contributed by atoms with Crippen LogP contribution in [0.2, 0.25) is 10.0 Å². The Hall–Kier alpha value is -2.04. The zero-order valence-corrected chi connectivity index (χ0v) is 13.9. The highest BCUT2D eigenvalue weighted by Gasteiger charge is 2.10. The molecule has 23 heavy (non-hydrogen) atoms. The van der Waals surface area contributed by atoms with Crippen LogP contribution in [0.15, 0.2) is 42.5 Å². The smallest absolute Gasteiger partial charge is 0.310 e. The molecule has 120 valence electrons. The van der Waals surface area contributed by atoms with E-state index in [0.717, 1.165) is 5.56 Å². The van der Waals surface area contributed by atoms with Crippen molar-refractivity contribution in [1.29, 1.82) is 0 Å². The molecule has 0 aliphatic heterocycles. The minimum atomic E-state index is -0.511. The van der Waals surface area contributed by atoms with Crippen LogP contribution in [0.3, 0.4) is 0 Å². The molecule has 1 amide bonds. The van der Waals surface area contributed by atoms with Gasteiger partial charge in [0.1, 0.15) is 0 Å². The third kappa shape index (κ3) is 5.58. The number of aryl methyl sites for hydroxylation is 1. The van der Waals surface area contributed by atoms with E-state index < -0.39 is 11.9 Å². The van der Waals surface area contributed by atoms with Crippen molar-refractivity contribution in [3.8, 4) is 0 Å². The molecule has 0 aromatic heterocycles. The first-order valence-electron chi connectivity index (χ1n) is 6.90. The number of benzene rings is 2. The molecule has 2 rings (SSSR count). The van der Waals surface area contributed by atoms with Crippen LogP contribution in [0.5, 0.6) is 0 Å². The van der Waals surface area contributed by atoms with Crippen LogP contribution in [0, 0.1) is 6.92 Å². The second-order valence-electron chi connectivity index (χ2n) is 5.00. The predicted octanol–water partition coefficient (Wildman–Crippen LogP) is 4.03. The molecule has 0 saturated carbocycles. The Bertz CT molecular complexity index is 732. The summed E-state index contributed by atoms with van der Waals surface area (Å²) >= 11 is 11.7. The third-order valence-corrected chi connectivity index (χ3v) is 3.74. The van der Waals surface area contributed by atoms with Crippen molar-refractivity contribution in [1.82, 2.24) is 0 Å². The van der Waals surface area contributed by atoms with E-state index in [4.69, 9.17) is 27.9 Å². The van der Waals surface area contributed by atoms with E-state index in [-0.39, 0.29) is 13.0 Å². The van der Waals surface area contributed by atoms with Crippen LogP contribution in [0.25, 0.3) is 0 Å². The van der Waals surface area contributed by atoms with E-state index in [2.05, 4.69) is 5.32 Å². The number of esters is 1. The molecule has 2 aromatic carbocycles. The maximum atomic E-state index is 11.8. The Morgan fingerprint density at radius 1 is 1.09 bits per heavy atom. The molecule has 0 atom stereocenters. The van der Waals surface area contributed by atoms with Gasteiger partial charge in [0, 0.05) is 5.69 Å². The fraction of sp³-hybridized carbons (Fsp3) is 0.176. The highest BCUT2D eigenvalue weighted by molar-refractivity contribution is 6.42. The summed E-state index contributed by atoms with van der Waals surface area (Å²) in [5, 5.41) is 3.45. The normalized spacial score (nSPS) is 10.2. The van der Waals surface area contributed by atoms with Gasteiger partial charge in [0.15, 0.2) is 6.61 Å². The second-order valence-corrected chi connectivity index (χ2v) is 5.82. The Morgan fingerprint density at radius 3 is 2.57 bits per heavy atom. The standard InChI is InChI=1S/C17H15Cl2NO3/c1-11-3-2-4-13(7-11)20-16(21)10-23-17(22)9-12-5-6-14(18)15(19)8-12/h2-8H,9-10H2,1H3,(H,20,21). The number of carbonyl (C=O) groups excluding carboxylic acids is 2. The molecule has 0 radical (unpaired) electrons. The molecule has 0 aliphatic carbocycles. The van der Waals surface area contributed by atoms with Crippen LogP contribution < -0.4 is 5.32 Å². The summed E-state index contributed by atoms with van der Waals surface area (Å²) in [4.78, 5) is 23.5. The molecule has 2 aromatic rings. The number of nitrogens with one attached hydrogen (secondary N) is 1. The molecule has 0 heterocycles. The highest BCUT2D eigenvalue weighted by atomic mass is 35.5. The average molecular weight is 352 g/mol. The predicted molar refractivity (Wildman–Crippen MR) is 90.9 cm³/mol. The number of halogens is 2. The van der Waals surface area contributed by atoms with E-state index in [1.165, 1.54) is 0 Å². The van der Waals surface area contributed by atoms with Gasteiger partial charge < -0.3 is 10.1 Å². The molecule has 0 fully saturated rings. The van der Waals surface area contributed by atoms with Gasteiger partial charge in [0.25, 0.3) is 5.91 Å². The third-order valence-electron chi connectivity index (χ3n) is 3.00. The largest absolute Gasteiger partial charge is 0.455 e. The quantitative estimate of drug-likeness (QED) is 0.827. The van der Waals surface area contributed by atoms with Crippen molar-refractivity contribution >= 4 is 40.8 Å². The molecule has 6 heteroatoms. The van der Waals surface area contributed by atoms with Crippen LogP contribution in [0.1, 0.15) is 11.1 Å². The van der Waals surface area contributed by atoms with Crippen molar-refractivity contribution in [2.75, 3.05) is 11.9 Å². The number of hydrogen-bond donors (Lipinski definition) is 1. The van der Waals surface area contributed by atoms with Crippen molar-refractivity contribution < 1.29 is 14.3 Å². The molecule has 0 saturated heterocycles. The molecule has 1 N–H and O–H groups in total. The van der Waals surface area contributed by atoms with E-state index in [9.17, 15) is 9.59 Å². The lowest BCUT2D eigenvalue weighted by Gasteiger charge is -2.07. The van der Waals surface area contributed by atoms with Gasteiger partial charge in [-0.3, -0.25) is 9.59 Å². The van der Waals surface area contributed by atoms with E-state index in [1.807, 2.05) is 25.1 Å². The Morgan fingerprint density at radius 2 is 1.87 bits per heavy atom. The molecule has 0 bridgehead atoms. The molecular weight excluding hydrogens is 337 g/mol. The number of carbonyl (C=O) groups is 2. The molecule has 0 spiro atoms. The summed E-state index contributed by atoms with van der Waals surface area (Å²) in [6, 6.07) is 12.2. The number of ether oxygens (including phenoxy) is 1. The maximum Gasteiger partial charge on any atom is 0.310 e. The Kier molecular flexibility index (Phi) is 6.02. The fourth-order valence-electron chi connectivity index (χ4n) is 1.93. The van der Waals surface area contributed by atoms with Crippen LogP contribution in [-0.4, -0.2) is 18.5 Å². The lowest BCUT2D eigenvalue weighted by molar-refractivity contribution is -0.146. The second kappa shape index (κ2) is 7.99. The first-order chi connectivity index (χ1) is 10.9. The van der Waals surface area contributed by atoms with Crippen molar-refractivity contribution in [2.24, 2.45) is 0 Å². The van der Waals surface area contributed by atoms with Gasteiger partial charge >= 0.3 is 5.97 Å². The topological polar surface area (TPSA) is 55.4 Å². The van der Waals surface area contributed by atoms with Gasteiger partial charge in [-0.15, -0.1) is 0 Å². The van der Waals surface area contributed by atoms with Gasteiger partial charge in [0.2, 0.25) is 0 Å². The minimum absolute atomic E-state index is 0.0224. The minimum Gasteiger partial charge on any atom is -0.455 e. The van der Waals surface area contributed by atoms with Gasteiger partial charge in [-0.05, 0) is 42.3 Å². The lowest BCUT2D eigenvalue weighted by Crippen LogP contribution is -2.21. The Labute approximate surface area is 144 Å². The zero-order valence-electron chi connectivity index (χ0n) is 12.4. The summed E-state index contributed by atoms with van der Waals surface area (Å²) in [5.74, 6) is -0.902. The number of anilines is 1. The summed E-state index contributed by atoms with van der Waals surface area (Å²) < 4.78 is 4.95. The molecule has 0 unspecified atom stereocenters. The molecular formula is C17H15Cl2NO3. The first-order valence-corrected chi connectivity index (χ1v) is 7.66. The van der Waals surface area contributed by atoms with E-state index in [0.29, 0.717) is 21.3 Å².